The van der Waals surface area contributed by atoms with Crippen molar-refractivity contribution >= 4 is 5.97 Å². The molecule has 2 N–H and O–H groups in total. The Morgan fingerprint density at radius 1 is 1.16 bits per heavy atom. The maximum absolute atomic E-state index is 11.4. The Morgan fingerprint density at radius 3 is 2.37 bits per heavy atom. The van der Waals surface area contributed by atoms with Crippen molar-refractivity contribution < 1.29 is 15.0 Å². The molecule has 1 saturated carbocycles. The second-order valence-electron chi connectivity index (χ2n) is 5.71. The fraction of sp³-hybridized carbons (Fsp3) is 0.562. The van der Waals surface area contributed by atoms with Gasteiger partial charge in [-0.2, -0.15) is 0 Å². The van der Waals surface area contributed by atoms with Crippen LogP contribution in [0.4, 0.5) is 0 Å². The molecule has 1 aromatic rings. The molecule has 2 rings (SSSR count). The third-order valence-electron chi connectivity index (χ3n) is 4.08. The molecule has 0 aromatic heterocycles. The first-order valence-electron chi connectivity index (χ1n) is 7.08. The molecule has 1 fully saturated rings. The van der Waals surface area contributed by atoms with Crippen LogP contribution in [0.15, 0.2) is 30.3 Å². The highest BCUT2D eigenvalue weighted by molar-refractivity contribution is 5.70. The van der Waals surface area contributed by atoms with E-state index >= 15 is 0 Å². The minimum absolute atomic E-state index is 0.372. The van der Waals surface area contributed by atoms with Gasteiger partial charge in [0.15, 0.2) is 0 Å². The van der Waals surface area contributed by atoms with Gasteiger partial charge in [0.05, 0.1) is 11.5 Å². The largest absolute Gasteiger partial charge is 0.481 e. The summed E-state index contributed by atoms with van der Waals surface area (Å²) in [6.45, 7) is 0. The van der Waals surface area contributed by atoms with Crippen LogP contribution in [0.25, 0.3) is 0 Å². The van der Waals surface area contributed by atoms with Gasteiger partial charge >= 0.3 is 5.97 Å². The normalized spacial score (nSPS) is 19.8. The van der Waals surface area contributed by atoms with Crippen LogP contribution < -0.4 is 0 Å². The molecule has 0 radical (unpaired) electrons. The molecule has 3 nitrogen and oxygen atoms in total. The minimum Gasteiger partial charge on any atom is -0.481 e. The molecule has 0 bridgehead atoms. The van der Waals surface area contributed by atoms with Gasteiger partial charge in [-0.3, -0.25) is 4.79 Å². The predicted octanol–water partition coefficient (Wildman–Crippen LogP) is 3.02. The van der Waals surface area contributed by atoms with E-state index in [2.05, 4.69) is 0 Å². The highest BCUT2D eigenvalue weighted by Gasteiger charge is 2.34. The maximum atomic E-state index is 11.4. The third kappa shape index (κ3) is 4.06. The van der Waals surface area contributed by atoms with Crippen LogP contribution in [0, 0.1) is 5.92 Å². The Hall–Kier alpha value is -1.35. The van der Waals surface area contributed by atoms with Crippen LogP contribution >= 0.6 is 0 Å². The smallest absolute Gasteiger partial charge is 0.306 e. The van der Waals surface area contributed by atoms with Gasteiger partial charge in [-0.1, -0.05) is 49.6 Å². The topological polar surface area (TPSA) is 57.5 Å². The van der Waals surface area contributed by atoms with Crippen LogP contribution in [0.2, 0.25) is 0 Å². The summed E-state index contributed by atoms with van der Waals surface area (Å²) in [6, 6.07) is 9.66. The number of aliphatic carboxylic acids is 1. The highest BCUT2D eigenvalue weighted by Crippen LogP contribution is 2.34. The number of carboxylic acid groups (broad SMARTS) is 1. The average molecular weight is 262 g/mol. The van der Waals surface area contributed by atoms with Crippen LogP contribution in [0.3, 0.4) is 0 Å². The Balaban J connectivity index is 2.02. The summed E-state index contributed by atoms with van der Waals surface area (Å²) in [7, 11) is 0. The van der Waals surface area contributed by atoms with Crippen molar-refractivity contribution in [1.82, 2.24) is 0 Å². The fourth-order valence-electron chi connectivity index (χ4n) is 3.02. The van der Waals surface area contributed by atoms with E-state index in [1.807, 2.05) is 30.3 Å². The van der Waals surface area contributed by atoms with E-state index in [0.29, 0.717) is 12.8 Å². The van der Waals surface area contributed by atoms with Gasteiger partial charge in [0.1, 0.15) is 0 Å². The van der Waals surface area contributed by atoms with Gasteiger partial charge in [-0.25, -0.2) is 0 Å². The van der Waals surface area contributed by atoms with Crippen LogP contribution in [0.5, 0.6) is 0 Å². The first-order valence-corrected chi connectivity index (χ1v) is 7.08. The second-order valence-corrected chi connectivity index (χ2v) is 5.71. The summed E-state index contributed by atoms with van der Waals surface area (Å²) in [5.41, 5.74) is 0.255. The van der Waals surface area contributed by atoms with E-state index < -0.39 is 17.5 Å². The lowest BCUT2D eigenvalue weighted by molar-refractivity contribution is -0.145. The summed E-state index contributed by atoms with van der Waals surface area (Å²) in [5, 5.41) is 19.9. The number of hydrogen-bond donors (Lipinski definition) is 2. The van der Waals surface area contributed by atoms with Gasteiger partial charge in [0.2, 0.25) is 0 Å². The molecular weight excluding hydrogens is 240 g/mol. The van der Waals surface area contributed by atoms with E-state index in [1.54, 1.807) is 0 Å². The van der Waals surface area contributed by atoms with Gasteiger partial charge in [0.25, 0.3) is 0 Å². The van der Waals surface area contributed by atoms with Gasteiger partial charge in [-0.05, 0) is 31.2 Å². The molecule has 3 heteroatoms. The number of rotatable bonds is 5. The van der Waals surface area contributed by atoms with Crippen LogP contribution in [0.1, 0.15) is 44.1 Å². The molecule has 1 aliphatic carbocycles. The zero-order chi connectivity index (χ0) is 13.7. The Labute approximate surface area is 114 Å². The van der Waals surface area contributed by atoms with E-state index in [4.69, 9.17) is 0 Å². The van der Waals surface area contributed by atoms with Crippen molar-refractivity contribution in [2.45, 2.75) is 50.5 Å². The van der Waals surface area contributed by atoms with E-state index in [0.717, 1.165) is 37.7 Å². The molecule has 0 aliphatic heterocycles. The Kier molecular flexibility index (Phi) is 4.59. The molecule has 0 spiro atoms. The molecular formula is C16H22O3. The summed E-state index contributed by atoms with van der Waals surface area (Å²) in [6.07, 6.45) is 5.52. The molecule has 1 aliphatic rings. The number of benzene rings is 1. The van der Waals surface area contributed by atoms with Crippen molar-refractivity contribution in [1.29, 1.82) is 0 Å². The zero-order valence-corrected chi connectivity index (χ0v) is 11.2. The molecule has 1 atom stereocenters. The van der Waals surface area contributed by atoms with Gasteiger partial charge in [-0.15, -0.1) is 0 Å². The monoisotopic (exact) mass is 262 g/mol. The predicted molar refractivity (Wildman–Crippen MR) is 73.9 cm³/mol. The lowest BCUT2D eigenvalue weighted by Gasteiger charge is -2.34. The van der Waals surface area contributed by atoms with Crippen molar-refractivity contribution in [3.63, 3.8) is 0 Å². The summed E-state index contributed by atoms with van der Waals surface area (Å²) < 4.78 is 0. The molecule has 0 amide bonds. The van der Waals surface area contributed by atoms with Crippen LogP contribution in [-0.4, -0.2) is 21.8 Å². The lowest BCUT2D eigenvalue weighted by Crippen LogP contribution is -2.36. The lowest BCUT2D eigenvalue weighted by atomic mass is 9.77. The number of carbonyl (C=O) groups is 1. The summed E-state index contributed by atoms with van der Waals surface area (Å²) in [5.74, 6) is -1.30. The van der Waals surface area contributed by atoms with E-state index in [-0.39, 0.29) is 0 Å². The number of hydrogen-bond acceptors (Lipinski definition) is 2. The van der Waals surface area contributed by atoms with E-state index in [9.17, 15) is 15.0 Å². The quantitative estimate of drug-likeness (QED) is 0.857. The third-order valence-corrected chi connectivity index (χ3v) is 4.08. The Morgan fingerprint density at radius 2 is 1.79 bits per heavy atom. The minimum atomic E-state index is -0.803. The number of carboxylic acids is 1. The first-order chi connectivity index (χ1) is 9.09. The molecule has 19 heavy (non-hydrogen) atoms. The average Bonchev–Trinajstić information content (AvgIpc) is 2.39. The fourth-order valence-corrected chi connectivity index (χ4v) is 3.02. The summed E-state index contributed by atoms with van der Waals surface area (Å²) in [4.78, 5) is 11.4. The summed E-state index contributed by atoms with van der Waals surface area (Å²) >= 11 is 0. The van der Waals surface area contributed by atoms with Gasteiger partial charge < -0.3 is 10.2 Å². The van der Waals surface area contributed by atoms with Crippen molar-refractivity contribution in [2.24, 2.45) is 5.92 Å². The SMILES string of the molecule is O=C(O)C(Cc1ccccc1)CC1(O)CCCCC1. The maximum Gasteiger partial charge on any atom is 0.306 e. The molecule has 1 aromatic carbocycles. The zero-order valence-electron chi connectivity index (χ0n) is 11.2. The second kappa shape index (κ2) is 6.20. The number of aliphatic hydroxyl groups is 1. The van der Waals surface area contributed by atoms with Crippen molar-refractivity contribution in [2.75, 3.05) is 0 Å². The molecule has 0 heterocycles. The molecule has 104 valence electrons. The Bertz CT molecular complexity index is 407. The van der Waals surface area contributed by atoms with Crippen molar-refractivity contribution in [3.8, 4) is 0 Å². The standard InChI is InChI=1S/C16H22O3/c17-15(18)14(11-13-7-3-1-4-8-13)12-16(19)9-5-2-6-10-16/h1,3-4,7-8,14,19H,2,5-6,9-12H2,(H,17,18). The van der Waals surface area contributed by atoms with E-state index in [1.165, 1.54) is 0 Å². The molecule has 1 unspecified atom stereocenters. The van der Waals surface area contributed by atoms with Crippen LogP contribution in [-0.2, 0) is 11.2 Å². The van der Waals surface area contributed by atoms with Gasteiger partial charge in [0, 0.05) is 0 Å². The van der Waals surface area contributed by atoms with Crippen molar-refractivity contribution in [3.05, 3.63) is 35.9 Å². The first kappa shape index (κ1) is 14.1. The highest BCUT2D eigenvalue weighted by atomic mass is 16.4. The molecule has 0 saturated heterocycles.